The molecule has 6 heteroatoms. The van der Waals surface area contributed by atoms with Crippen molar-refractivity contribution in [3.63, 3.8) is 0 Å². The summed E-state index contributed by atoms with van der Waals surface area (Å²) < 4.78 is 7.56. The first-order valence-corrected chi connectivity index (χ1v) is 10.6. The van der Waals surface area contributed by atoms with E-state index in [1.165, 1.54) is 5.56 Å². The molecule has 0 aromatic heterocycles. The van der Waals surface area contributed by atoms with Crippen LogP contribution in [0.5, 0.6) is 5.75 Å². The number of nitrogens with zero attached hydrogens (tertiary/aromatic N) is 1. The normalized spacial score (nSPS) is 21.0. The van der Waals surface area contributed by atoms with Crippen molar-refractivity contribution in [3.8, 4) is 5.75 Å². The van der Waals surface area contributed by atoms with Gasteiger partial charge in [-0.2, -0.15) is 0 Å². The molecule has 0 saturated carbocycles. The zero-order chi connectivity index (χ0) is 16.4. The molecule has 3 rings (SSSR count). The summed E-state index contributed by atoms with van der Waals surface area (Å²) in [5.74, 6) is 0.830. The molecule has 120 valence electrons. The van der Waals surface area contributed by atoms with E-state index in [9.17, 15) is 0 Å². The van der Waals surface area contributed by atoms with Crippen molar-refractivity contribution < 1.29 is 4.74 Å². The standard InChI is InChI=1S/C17H19N2OPS2/c1-13-3-5-14(6-4-13)19-12-11-17(22)18-21(19,23)16-9-7-15(20-2)8-10-16/h3-10H,11-12H2,1-2H3,(H,18,22,23). The molecule has 0 amide bonds. The lowest BCUT2D eigenvalue weighted by molar-refractivity contribution is 0.415. The van der Waals surface area contributed by atoms with E-state index in [0.29, 0.717) is 0 Å². The highest BCUT2D eigenvalue weighted by atomic mass is 32.4. The highest BCUT2D eigenvalue weighted by Crippen LogP contribution is 2.50. The number of ether oxygens (including phenoxy) is 1. The first-order chi connectivity index (χ1) is 11.0. The number of aryl methyl sites for hydroxylation is 1. The number of methoxy groups -OCH3 is 1. The van der Waals surface area contributed by atoms with E-state index in [0.717, 1.165) is 34.7 Å². The van der Waals surface area contributed by atoms with Gasteiger partial charge in [0.25, 0.3) is 0 Å². The van der Waals surface area contributed by atoms with E-state index in [-0.39, 0.29) is 0 Å². The fourth-order valence-electron chi connectivity index (χ4n) is 2.63. The maximum atomic E-state index is 6.11. The second kappa shape index (κ2) is 6.60. The summed E-state index contributed by atoms with van der Waals surface area (Å²) in [5.41, 5.74) is 2.39. The summed E-state index contributed by atoms with van der Waals surface area (Å²) in [6.07, 6.45) is -1.35. The Morgan fingerprint density at radius 3 is 2.35 bits per heavy atom. The van der Waals surface area contributed by atoms with Crippen LogP contribution in [0.25, 0.3) is 0 Å². The van der Waals surface area contributed by atoms with Crippen LogP contribution in [0.4, 0.5) is 5.69 Å². The summed E-state index contributed by atoms with van der Waals surface area (Å²) in [6.45, 7) is 2.94. The number of hydrogen-bond donors (Lipinski definition) is 1. The Bertz CT molecular complexity index is 759. The largest absolute Gasteiger partial charge is 0.497 e. The minimum absolute atomic E-state index is 0.830. The molecule has 0 bridgehead atoms. The molecular weight excluding hydrogens is 343 g/mol. The fraction of sp³-hybridized carbons (Fsp3) is 0.235. The van der Waals surface area contributed by atoms with Crippen LogP contribution in [0.15, 0.2) is 48.5 Å². The smallest absolute Gasteiger partial charge is 0.151 e. The number of thiocarbonyl (C=S) groups is 1. The Morgan fingerprint density at radius 1 is 1.09 bits per heavy atom. The van der Waals surface area contributed by atoms with E-state index >= 15 is 0 Å². The van der Waals surface area contributed by atoms with Gasteiger partial charge in [-0.05, 0) is 55.1 Å². The van der Waals surface area contributed by atoms with Crippen LogP contribution in [0.1, 0.15) is 12.0 Å². The number of rotatable bonds is 3. The molecule has 1 atom stereocenters. The molecule has 3 nitrogen and oxygen atoms in total. The lowest BCUT2D eigenvalue weighted by atomic mass is 10.2. The molecule has 2 aromatic carbocycles. The molecule has 2 aromatic rings. The Hall–Kier alpha value is -1.42. The SMILES string of the molecule is COc1ccc(P2(=S)NC(=S)CCN2c2ccc(C)cc2)cc1. The summed E-state index contributed by atoms with van der Waals surface area (Å²) in [5, 5.41) is 4.55. The van der Waals surface area contributed by atoms with Gasteiger partial charge in [-0.3, -0.25) is 0 Å². The molecular formula is C17H19N2OPS2. The maximum Gasteiger partial charge on any atom is 0.151 e. The average molecular weight is 362 g/mol. The molecule has 1 saturated heterocycles. The molecule has 23 heavy (non-hydrogen) atoms. The van der Waals surface area contributed by atoms with E-state index in [1.807, 2.05) is 24.3 Å². The van der Waals surface area contributed by atoms with Crippen LogP contribution in [0, 0.1) is 6.92 Å². The van der Waals surface area contributed by atoms with Gasteiger partial charge in [-0.15, -0.1) is 0 Å². The second-order valence-electron chi connectivity index (χ2n) is 5.52. The molecule has 1 unspecified atom stereocenters. The first-order valence-electron chi connectivity index (χ1n) is 7.43. The van der Waals surface area contributed by atoms with Gasteiger partial charge >= 0.3 is 0 Å². The van der Waals surface area contributed by atoms with E-state index < -0.39 is 6.34 Å². The molecule has 1 N–H and O–H groups in total. The van der Waals surface area contributed by atoms with E-state index in [1.54, 1.807) is 7.11 Å². The van der Waals surface area contributed by atoms with Gasteiger partial charge in [-0.25, -0.2) is 0 Å². The van der Waals surface area contributed by atoms with Gasteiger partial charge in [0.1, 0.15) is 5.75 Å². The fourth-order valence-corrected chi connectivity index (χ4v) is 6.89. The van der Waals surface area contributed by atoms with Gasteiger partial charge in [0.2, 0.25) is 0 Å². The maximum absolute atomic E-state index is 6.11. The second-order valence-corrected chi connectivity index (χ2v) is 9.97. The van der Waals surface area contributed by atoms with Gasteiger partial charge in [0.05, 0.1) is 12.1 Å². The van der Waals surface area contributed by atoms with Crippen LogP contribution < -0.4 is 19.8 Å². The Morgan fingerprint density at radius 2 is 1.74 bits per heavy atom. The Kier molecular flexibility index (Phi) is 4.72. The molecule has 0 radical (unpaired) electrons. The van der Waals surface area contributed by atoms with Gasteiger partial charge in [0, 0.05) is 24.0 Å². The van der Waals surface area contributed by atoms with Crippen molar-refractivity contribution in [1.82, 2.24) is 5.09 Å². The third kappa shape index (κ3) is 3.27. The predicted octanol–water partition coefficient (Wildman–Crippen LogP) is 3.77. The van der Waals surface area contributed by atoms with E-state index in [2.05, 4.69) is 40.9 Å². The zero-order valence-corrected chi connectivity index (χ0v) is 15.7. The zero-order valence-electron chi connectivity index (χ0n) is 13.2. The average Bonchev–Trinajstić information content (AvgIpc) is 2.56. The van der Waals surface area contributed by atoms with Crippen molar-refractivity contribution in [3.05, 3.63) is 54.1 Å². The summed E-state index contributed by atoms with van der Waals surface area (Å²) >= 11 is 11.5. The van der Waals surface area contributed by atoms with Crippen LogP contribution in [-0.4, -0.2) is 18.6 Å². The monoisotopic (exact) mass is 362 g/mol. The summed E-state index contributed by atoms with van der Waals surface area (Å²) in [7, 11) is 1.67. The quantitative estimate of drug-likeness (QED) is 0.662. The van der Waals surface area contributed by atoms with Gasteiger partial charge in [0.15, 0.2) is 6.34 Å². The van der Waals surface area contributed by atoms with E-state index in [4.69, 9.17) is 28.8 Å². The summed E-state index contributed by atoms with van der Waals surface area (Å²) in [6, 6.07) is 16.5. The van der Waals surface area contributed by atoms with Crippen LogP contribution in [0.3, 0.4) is 0 Å². The van der Waals surface area contributed by atoms with Crippen LogP contribution in [0.2, 0.25) is 0 Å². The number of benzene rings is 2. The van der Waals surface area contributed by atoms with Crippen molar-refractivity contribution >= 4 is 46.3 Å². The third-order valence-corrected chi connectivity index (χ3v) is 8.56. The highest BCUT2D eigenvalue weighted by molar-refractivity contribution is 8.18. The molecule has 1 aliphatic heterocycles. The lowest BCUT2D eigenvalue weighted by Crippen LogP contribution is -2.42. The minimum Gasteiger partial charge on any atom is -0.497 e. The Balaban J connectivity index is 2.04. The Labute approximate surface area is 147 Å². The van der Waals surface area contributed by atoms with Crippen molar-refractivity contribution in [2.75, 3.05) is 18.3 Å². The lowest BCUT2D eigenvalue weighted by Gasteiger charge is -2.42. The number of nitrogens with one attached hydrogen (secondary N) is 1. The molecule has 0 aliphatic carbocycles. The topological polar surface area (TPSA) is 24.5 Å². The molecule has 1 fully saturated rings. The van der Waals surface area contributed by atoms with Gasteiger partial charge < -0.3 is 14.5 Å². The minimum atomic E-state index is -2.18. The van der Waals surface area contributed by atoms with Gasteiger partial charge in [-0.1, -0.05) is 29.9 Å². The van der Waals surface area contributed by atoms with Crippen molar-refractivity contribution in [2.45, 2.75) is 13.3 Å². The van der Waals surface area contributed by atoms with Crippen molar-refractivity contribution in [2.24, 2.45) is 0 Å². The highest BCUT2D eigenvalue weighted by Gasteiger charge is 2.32. The van der Waals surface area contributed by atoms with Crippen LogP contribution >= 0.6 is 18.6 Å². The summed E-state index contributed by atoms with van der Waals surface area (Å²) in [4.78, 5) is 0.854. The van der Waals surface area contributed by atoms with Crippen LogP contribution in [-0.2, 0) is 11.8 Å². The van der Waals surface area contributed by atoms with Crippen molar-refractivity contribution in [1.29, 1.82) is 0 Å². The molecule has 0 spiro atoms. The number of hydrogen-bond acceptors (Lipinski definition) is 3. The predicted molar refractivity (Wildman–Crippen MR) is 106 cm³/mol. The molecule has 1 aliphatic rings. The molecule has 1 heterocycles. The third-order valence-electron chi connectivity index (χ3n) is 3.92. The number of anilines is 1. The first kappa shape index (κ1) is 16.4.